The van der Waals surface area contributed by atoms with Crippen LogP contribution in [-0.4, -0.2) is 42.5 Å². The normalized spacial score (nSPS) is 18.9. The fourth-order valence-corrected chi connectivity index (χ4v) is 1.09. The van der Waals surface area contributed by atoms with Gasteiger partial charge in [-0.2, -0.15) is 13.2 Å². The summed E-state index contributed by atoms with van der Waals surface area (Å²) in [7, 11) is 0. The van der Waals surface area contributed by atoms with Gasteiger partial charge in [0.1, 0.15) is 0 Å². The molecule has 0 spiro atoms. The molecule has 1 aliphatic heterocycles. The molecule has 0 aromatic heterocycles. The molecule has 0 bridgehead atoms. The minimum atomic E-state index is -4.34. The van der Waals surface area contributed by atoms with Crippen molar-refractivity contribution in [2.75, 3.05) is 19.6 Å². The lowest BCUT2D eigenvalue weighted by Gasteiger charge is -2.25. The second-order valence-corrected chi connectivity index (χ2v) is 2.91. The Morgan fingerprint density at radius 2 is 1.71 bits per heavy atom. The third-order valence-corrected chi connectivity index (χ3v) is 1.77. The van der Waals surface area contributed by atoms with E-state index in [4.69, 9.17) is 0 Å². The van der Waals surface area contributed by atoms with Gasteiger partial charge in [-0.15, -0.1) is 0 Å². The lowest BCUT2D eigenvalue weighted by molar-refractivity contribution is -0.154. The highest BCUT2D eigenvalue weighted by Crippen LogP contribution is 2.19. The van der Waals surface area contributed by atoms with Crippen LogP contribution in [0.4, 0.5) is 13.2 Å². The van der Waals surface area contributed by atoms with Crippen LogP contribution in [0.2, 0.25) is 0 Å². The first kappa shape index (κ1) is 11.0. The Morgan fingerprint density at radius 1 is 1.21 bits per heavy atom. The average Bonchev–Trinajstić information content (AvgIpc) is 2.01. The summed E-state index contributed by atoms with van der Waals surface area (Å²) < 4.78 is 35.4. The predicted octanol–water partition coefficient (Wildman–Crippen LogP) is -0.103. The van der Waals surface area contributed by atoms with E-state index in [0.29, 0.717) is 4.90 Å². The van der Waals surface area contributed by atoms with Crippen molar-refractivity contribution in [3.63, 3.8) is 0 Å². The summed E-state index contributed by atoms with van der Waals surface area (Å²) in [5.74, 6) is -1.21. The van der Waals surface area contributed by atoms with E-state index in [0.717, 1.165) is 0 Å². The van der Waals surface area contributed by atoms with E-state index in [-0.39, 0.29) is 13.1 Å². The minimum Gasteiger partial charge on any atom is -0.300 e. The molecule has 0 saturated carbocycles. The molecule has 1 heterocycles. The molecule has 7 heteroatoms. The van der Waals surface area contributed by atoms with Gasteiger partial charge in [-0.3, -0.25) is 19.8 Å². The Kier molecular flexibility index (Phi) is 3.10. The third-order valence-electron chi connectivity index (χ3n) is 1.77. The maximum Gasteiger partial charge on any atom is 0.390 e. The molecule has 0 aliphatic carbocycles. The van der Waals surface area contributed by atoms with Crippen LogP contribution in [-0.2, 0) is 9.59 Å². The minimum absolute atomic E-state index is 0.0798. The topological polar surface area (TPSA) is 49.4 Å². The fourth-order valence-electron chi connectivity index (χ4n) is 1.09. The Balaban J connectivity index is 2.49. The number of carbonyl (C=O) groups is 2. The highest BCUT2D eigenvalue weighted by Gasteiger charge is 2.32. The van der Waals surface area contributed by atoms with Crippen molar-refractivity contribution in [1.82, 2.24) is 10.2 Å². The molecule has 0 unspecified atom stereocenters. The van der Waals surface area contributed by atoms with Crippen LogP contribution in [0.15, 0.2) is 0 Å². The van der Waals surface area contributed by atoms with E-state index in [1.54, 1.807) is 0 Å². The predicted molar refractivity (Wildman–Crippen MR) is 40.3 cm³/mol. The SMILES string of the molecule is O=C1CNCC(=O)N1CCC(F)(F)F. The monoisotopic (exact) mass is 210 g/mol. The second kappa shape index (κ2) is 3.95. The summed E-state index contributed by atoms with van der Waals surface area (Å²) in [6.45, 7) is -0.740. The summed E-state index contributed by atoms with van der Waals surface area (Å²) in [5, 5.41) is 2.49. The lowest BCUT2D eigenvalue weighted by atomic mass is 10.3. The molecule has 14 heavy (non-hydrogen) atoms. The summed E-state index contributed by atoms with van der Waals surface area (Å²) in [6.07, 6.45) is -5.49. The molecule has 0 atom stereocenters. The van der Waals surface area contributed by atoms with Gasteiger partial charge in [-0.05, 0) is 0 Å². The number of carbonyl (C=O) groups excluding carboxylic acids is 2. The Bertz CT molecular complexity index is 236. The van der Waals surface area contributed by atoms with Crippen LogP contribution < -0.4 is 5.32 Å². The first-order chi connectivity index (χ1) is 6.40. The van der Waals surface area contributed by atoms with Gasteiger partial charge in [0.25, 0.3) is 0 Å². The van der Waals surface area contributed by atoms with Gasteiger partial charge >= 0.3 is 6.18 Å². The van der Waals surface area contributed by atoms with Crippen molar-refractivity contribution in [3.05, 3.63) is 0 Å². The van der Waals surface area contributed by atoms with Crippen molar-refractivity contribution in [2.45, 2.75) is 12.6 Å². The number of nitrogens with one attached hydrogen (secondary N) is 1. The largest absolute Gasteiger partial charge is 0.390 e. The maximum atomic E-state index is 11.8. The van der Waals surface area contributed by atoms with Crippen molar-refractivity contribution < 1.29 is 22.8 Å². The van der Waals surface area contributed by atoms with Gasteiger partial charge in [-0.1, -0.05) is 0 Å². The van der Waals surface area contributed by atoms with Crippen LogP contribution in [0.3, 0.4) is 0 Å². The molecule has 1 rings (SSSR count). The number of hydrogen-bond donors (Lipinski definition) is 1. The molecule has 1 saturated heterocycles. The number of halogens is 3. The summed E-state index contributed by atoms with van der Waals surface area (Å²) in [6, 6.07) is 0. The molecule has 80 valence electrons. The molecule has 4 nitrogen and oxygen atoms in total. The number of imide groups is 1. The molecule has 1 N–H and O–H groups in total. The van der Waals surface area contributed by atoms with E-state index in [9.17, 15) is 22.8 Å². The summed E-state index contributed by atoms with van der Waals surface area (Å²) in [5.41, 5.74) is 0. The molecule has 1 fully saturated rings. The standard InChI is InChI=1S/C7H9F3N2O2/c8-7(9,10)1-2-12-5(13)3-11-4-6(12)14/h11H,1-4H2. The summed E-state index contributed by atoms with van der Waals surface area (Å²) >= 11 is 0. The Hall–Kier alpha value is -1.11. The average molecular weight is 210 g/mol. The number of hydrogen-bond acceptors (Lipinski definition) is 3. The molecule has 2 amide bonds. The van der Waals surface area contributed by atoms with Gasteiger partial charge < -0.3 is 0 Å². The van der Waals surface area contributed by atoms with Crippen molar-refractivity contribution >= 4 is 11.8 Å². The first-order valence-corrected chi connectivity index (χ1v) is 4.01. The Labute approximate surface area is 78.1 Å². The molecule has 0 radical (unpaired) electrons. The van der Waals surface area contributed by atoms with Gasteiger partial charge in [0.15, 0.2) is 0 Å². The third kappa shape index (κ3) is 2.99. The zero-order valence-corrected chi connectivity index (χ0v) is 7.23. The van der Waals surface area contributed by atoms with Gasteiger partial charge in [-0.25, -0.2) is 0 Å². The number of nitrogens with zero attached hydrogens (tertiary/aromatic N) is 1. The number of amides is 2. The number of piperazine rings is 1. The second-order valence-electron chi connectivity index (χ2n) is 2.91. The van der Waals surface area contributed by atoms with Crippen LogP contribution in [0.1, 0.15) is 6.42 Å². The van der Waals surface area contributed by atoms with Crippen LogP contribution in [0.25, 0.3) is 0 Å². The molecule has 0 aromatic carbocycles. The molecular weight excluding hydrogens is 201 g/mol. The van der Waals surface area contributed by atoms with Gasteiger partial charge in [0.05, 0.1) is 19.5 Å². The van der Waals surface area contributed by atoms with E-state index in [1.807, 2.05) is 0 Å². The maximum absolute atomic E-state index is 11.8. The fraction of sp³-hybridized carbons (Fsp3) is 0.714. The Morgan fingerprint density at radius 3 is 2.14 bits per heavy atom. The zero-order valence-electron chi connectivity index (χ0n) is 7.23. The van der Waals surface area contributed by atoms with E-state index >= 15 is 0 Å². The number of rotatable bonds is 2. The van der Waals surface area contributed by atoms with E-state index < -0.39 is 31.0 Å². The zero-order chi connectivity index (χ0) is 10.8. The smallest absolute Gasteiger partial charge is 0.300 e. The highest BCUT2D eigenvalue weighted by atomic mass is 19.4. The molecule has 0 aromatic rings. The van der Waals surface area contributed by atoms with Crippen molar-refractivity contribution in [1.29, 1.82) is 0 Å². The highest BCUT2D eigenvalue weighted by molar-refractivity contribution is 5.99. The van der Waals surface area contributed by atoms with Crippen LogP contribution >= 0.6 is 0 Å². The van der Waals surface area contributed by atoms with Crippen molar-refractivity contribution in [3.8, 4) is 0 Å². The van der Waals surface area contributed by atoms with Crippen molar-refractivity contribution in [2.24, 2.45) is 0 Å². The van der Waals surface area contributed by atoms with Crippen LogP contribution in [0, 0.1) is 0 Å². The number of alkyl halides is 3. The van der Waals surface area contributed by atoms with E-state index in [1.165, 1.54) is 0 Å². The van der Waals surface area contributed by atoms with E-state index in [2.05, 4.69) is 5.32 Å². The summed E-state index contributed by atoms with van der Waals surface area (Å²) in [4.78, 5) is 22.6. The van der Waals surface area contributed by atoms with Crippen LogP contribution in [0.5, 0.6) is 0 Å². The molecule has 1 aliphatic rings. The molecular formula is C7H9F3N2O2. The van der Waals surface area contributed by atoms with Gasteiger partial charge in [0.2, 0.25) is 11.8 Å². The first-order valence-electron chi connectivity index (χ1n) is 4.01. The van der Waals surface area contributed by atoms with Gasteiger partial charge in [0, 0.05) is 6.54 Å². The quantitative estimate of drug-likeness (QED) is 0.647. The lowest BCUT2D eigenvalue weighted by Crippen LogP contribution is -2.52.